The lowest BCUT2D eigenvalue weighted by molar-refractivity contribution is 0.0776. The van der Waals surface area contributed by atoms with Gasteiger partial charge in [0.05, 0.1) is 10.0 Å². The zero-order chi connectivity index (χ0) is 17.8. The number of carbonyl (C=O) groups is 1. The maximum atomic E-state index is 12.5. The normalized spacial score (nSPS) is 17.1. The van der Waals surface area contributed by atoms with Crippen LogP contribution >= 0.6 is 23.2 Å². The van der Waals surface area contributed by atoms with Crippen molar-refractivity contribution in [2.75, 3.05) is 26.7 Å². The molecular weight excluding hydrogens is 365 g/mol. The van der Waals surface area contributed by atoms with Gasteiger partial charge in [0.15, 0.2) is 17.2 Å². The fourth-order valence-corrected chi connectivity index (χ4v) is 3.39. The van der Waals surface area contributed by atoms with Gasteiger partial charge in [0.1, 0.15) is 6.61 Å². The number of ether oxygens (including phenoxy) is 1. The Morgan fingerprint density at radius 3 is 2.92 bits per heavy atom. The second-order valence-electron chi connectivity index (χ2n) is 5.98. The van der Waals surface area contributed by atoms with Gasteiger partial charge in [-0.3, -0.25) is 4.79 Å². The van der Waals surface area contributed by atoms with Crippen molar-refractivity contribution >= 4 is 29.1 Å². The molecule has 1 aromatic heterocycles. The van der Waals surface area contributed by atoms with Crippen LogP contribution in [0.2, 0.25) is 10.0 Å². The van der Waals surface area contributed by atoms with Gasteiger partial charge in [-0.25, -0.2) is 0 Å². The molecule has 6 nitrogen and oxygen atoms in total. The molecule has 1 fully saturated rings. The molecular formula is C17H19Cl2N3O3. The molecule has 1 aliphatic rings. The third-order valence-electron chi connectivity index (χ3n) is 4.12. The number of nitrogens with zero attached hydrogens (tertiary/aromatic N) is 2. The Hall–Kier alpha value is -1.76. The first-order valence-electron chi connectivity index (χ1n) is 8.04. The Bertz CT molecular complexity index is 730. The summed E-state index contributed by atoms with van der Waals surface area (Å²) in [5.41, 5.74) is 0.286. The highest BCUT2D eigenvalue weighted by molar-refractivity contribution is 6.37. The van der Waals surface area contributed by atoms with E-state index in [1.54, 1.807) is 29.2 Å². The van der Waals surface area contributed by atoms with Crippen LogP contribution < -0.4 is 10.1 Å². The second-order valence-corrected chi connectivity index (χ2v) is 6.80. The fraction of sp³-hybridized carbons (Fsp3) is 0.412. The minimum absolute atomic E-state index is 0.0894. The lowest BCUT2D eigenvalue weighted by Crippen LogP contribution is -2.30. The molecule has 25 heavy (non-hydrogen) atoms. The Labute approximate surface area is 156 Å². The lowest BCUT2D eigenvalue weighted by atomic mass is 10.1. The van der Waals surface area contributed by atoms with E-state index in [2.05, 4.69) is 10.5 Å². The number of benzene rings is 1. The summed E-state index contributed by atoms with van der Waals surface area (Å²) in [4.78, 5) is 14.3. The number of amides is 1. The number of likely N-dealkylation sites (tertiary alicyclic amines) is 1. The summed E-state index contributed by atoms with van der Waals surface area (Å²) in [5, 5.41) is 7.83. The second kappa shape index (κ2) is 8.08. The van der Waals surface area contributed by atoms with Crippen LogP contribution in [-0.4, -0.2) is 42.6 Å². The molecule has 8 heteroatoms. The maximum Gasteiger partial charge on any atom is 0.276 e. The van der Waals surface area contributed by atoms with Crippen molar-refractivity contribution in [2.24, 2.45) is 5.92 Å². The van der Waals surface area contributed by atoms with Crippen LogP contribution in [0.15, 0.2) is 28.8 Å². The molecule has 2 aromatic rings. The number of hydrogen-bond donors (Lipinski definition) is 1. The molecule has 1 amide bonds. The first-order chi connectivity index (χ1) is 12.1. The van der Waals surface area contributed by atoms with Gasteiger partial charge in [0, 0.05) is 19.2 Å². The largest absolute Gasteiger partial charge is 0.482 e. The summed E-state index contributed by atoms with van der Waals surface area (Å²) >= 11 is 12.1. The molecule has 0 aliphatic carbocycles. The van der Waals surface area contributed by atoms with Gasteiger partial charge in [0.25, 0.3) is 5.91 Å². The summed E-state index contributed by atoms with van der Waals surface area (Å²) in [6.45, 7) is 2.46. The minimum Gasteiger partial charge on any atom is -0.482 e. The fourth-order valence-electron chi connectivity index (χ4n) is 2.88. The van der Waals surface area contributed by atoms with Crippen molar-refractivity contribution in [3.63, 3.8) is 0 Å². The van der Waals surface area contributed by atoms with Crippen molar-refractivity contribution in [3.8, 4) is 5.75 Å². The van der Waals surface area contributed by atoms with Crippen molar-refractivity contribution < 1.29 is 14.1 Å². The number of nitrogens with one attached hydrogen (secondary N) is 1. The van der Waals surface area contributed by atoms with Crippen LogP contribution in [0.1, 0.15) is 22.7 Å². The highest BCUT2D eigenvalue weighted by Crippen LogP contribution is 2.33. The molecule has 1 atom stereocenters. The van der Waals surface area contributed by atoms with E-state index in [-0.39, 0.29) is 18.2 Å². The molecule has 134 valence electrons. The van der Waals surface area contributed by atoms with E-state index in [9.17, 15) is 4.79 Å². The smallest absolute Gasteiger partial charge is 0.276 e. The zero-order valence-electron chi connectivity index (χ0n) is 13.8. The summed E-state index contributed by atoms with van der Waals surface area (Å²) in [6.07, 6.45) is 0.991. The Morgan fingerprint density at radius 1 is 1.44 bits per heavy atom. The average molecular weight is 384 g/mol. The van der Waals surface area contributed by atoms with E-state index < -0.39 is 0 Å². The lowest BCUT2D eigenvalue weighted by Gasteiger charge is -2.14. The number of aromatic nitrogens is 1. The average Bonchev–Trinajstić information content (AvgIpc) is 3.24. The third-order valence-corrected chi connectivity index (χ3v) is 4.72. The van der Waals surface area contributed by atoms with Crippen LogP contribution in [-0.2, 0) is 6.61 Å². The van der Waals surface area contributed by atoms with E-state index in [0.29, 0.717) is 27.5 Å². The highest BCUT2D eigenvalue weighted by Gasteiger charge is 2.28. The van der Waals surface area contributed by atoms with Gasteiger partial charge in [-0.2, -0.15) is 0 Å². The number of rotatable bonds is 6. The monoisotopic (exact) mass is 383 g/mol. The first-order valence-corrected chi connectivity index (χ1v) is 8.80. The molecule has 0 saturated carbocycles. The summed E-state index contributed by atoms with van der Waals surface area (Å²) in [7, 11) is 1.92. The van der Waals surface area contributed by atoms with Gasteiger partial charge >= 0.3 is 0 Å². The van der Waals surface area contributed by atoms with E-state index in [4.69, 9.17) is 32.5 Å². The SMILES string of the molecule is CNCC1CCN(C(=O)c2cc(COc3c(Cl)cccc3Cl)on2)C1. The topological polar surface area (TPSA) is 67.6 Å². The predicted molar refractivity (Wildman–Crippen MR) is 95.2 cm³/mol. The zero-order valence-corrected chi connectivity index (χ0v) is 15.3. The number of carbonyl (C=O) groups excluding carboxylic acids is 1. The Kier molecular flexibility index (Phi) is 5.83. The number of hydrogen-bond acceptors (Lipinski definition) is 5. The molecule has 1 aliphatic heterocycles. The van der Waals surface area contributed by atoms with E-state index >= 15 is 0 Å². The van der Waals surface area contributed by atoms with Gasteiger partial charge in [-0.1, -0.05) is 34.4 Å². The quantitative estimate of drug-likeness (QED) is 0.828. The van der Waals surface area contributed by atoms with Crippen LogP contribution in [0, 0.1) is 5.92 Å². The molecule has 1 saturated heterocycles. The third kappa shape index (κ3) is 4.26. The molecule has 0 radical (unpaired) electrons. The van der Waals surface area contributed by atoms with E-state index in [0.717, 1.165) is 26.1 Å². The molecule has 2 heterocycles. The summed E-state index contributed by atoms with van der Waals surface area (Å²) < 4.78 is 10.8. The minimum atomic E-state index is -0.121. The molecule has 1 N–H and O–H groups in total. The van der Waals surface area contributed by atoms with Crippen LogP contribution in [0.4, 0.5) is 0 Å². The standard InChI is InChI=1S/C17H19Cl2N3O3/c1-20-8-11-5-6-22(9-11)17(23)15-7-12(25-21-15)10-24-16-13(18)3-2-4-14(16)19/h2-4,7,11,20H,5-6,8-10H2,1H3. The van der Waals surface area contributed by atoms with Gasteiger partial charge in [-0.15, -0.1) is 0 Å². The number of halogens is 2. The van der Waals surface area contributed by atoms with Crippen LogP contribution in [0.25, 0.3) is 0 Å². The Balaban J connectivity index is 1.60. The molecule has 1 aromatic carbocycles. The molecule has 1 unspecified atom stereocenters. The van der Waals surface area contributed by atoms with E-state index in [1.807, 2.05) is 7.05 Å². The summed E-state index contributed by atoms with van der Waals surface area (Å²) in [6, 6.07) is 6.71. The van der Waals surface area contributed by atoms with Crippen LogP contribution in [0.3, 0.4) is 0 Å². The highest BCUT2D eigenvalue weighted by atomic mass is 35.5. The first kappa shape index (κ1) is 18.0. The predicted octanol–water partition coefficient (Wildman–Crippen LogP) is 3.24. The van der Waals surface area contributed by atoms with Crippen molar-refractivity contribution in [2.45, 2.75) is 13.0 Å². The summed E-state index contributed by atoms with van der Waals surface area (Å²) in [5.74, 6) is 1.17. The van der Waals surface area contributed by atoms with Crippen molar-refractivity contribution in [3.05, 3.63) is 45.8 Å². The Morgan fingerprint density at radius 2 is 2.20 bits per heavy atom. The van der Waals surface area contributed by atoms with Crippen LogP contribution in [0.5, 0.6) is 5.75 Å². The molecule has 0 bridgehead atoms. The van der Waals surface area contributed by atoms with Gasteiger partial charge in [0.2, 0.25) is 0 Å². The number of para-hydroxylation sites is 1. The van der Waals surface area contributed by atoms with Crippen molar-refractivity contribution in [1.29, 1.82) is 0 Å². The maximum absolute atomic E-state index is 12.5. The van der Waals surface area contributed by atoms with Gasteiger partial charge < -0.3 is 19.5 Å². The van der Waals surface area contributed by atoms with E-state index in [1.165, 1.54) is 0 Å². The van der Waals surface area contributed by atoms with Gasteiger partial charge in [-0.05, 0) is 38.1 Å². The molecule has 0 spiro atoms. The molecule has 3 rings (SSSR count). The van der Waals surface area contributed by atoms with Crippen molar-refractivity contribution in [1.82, 2.24) is 15.4 Å².